The zero-order valence-corrected chi connectivity index (χ0v) is 7.98. The summed E-state index contributed by atoms with van der Waals surface area (Å²) in [6.45, 7) is 4.06. The van der Waals surface area contributed by atoms with Gasteiger partial charge in [-0.2, -0.15) is 12.6 Å². The van der Waals surface area contributed by atoms with E-state index in [2.05, 4.69) is 24.9 Å². The highest BCUT2D eigenvalue weighted by molar-refractivity contribution is 7.80. The van der Waals surface area contributed by atoms with Crippen LogP contribution in [0.2, 0.25) is 0 Å². The van der Waals surface area contributed by atoms with Gasteiger partial charge in [0.15, 0.2) is 0 Å². The van der Waals surface area contributed by atoms with E-state index in [0.29, 0.717) is 17.2 Å². The maximum atomic E-state index is 5.57. The lowest BCUT2D eigenvalue weighted by molar-refractivity contribution is 0.532. The number of nitrogens with two attached hydrogens (primary N) is 1. The van der Waals surface area contributed by atoms with Gasteiger partial charge in [0, 0.05) is 11.3 Å². The van der Waals surface area contributed by atoms with Crippen LogP contribution in [-0.2, 0) is 0 Å². The van der Waals surface area contributed by atoms with Crippen LogP contribution in [0.25, 0.3) is 0 Å². The fraction of sp³-hybridized carbons (Fsp3) is 1.00. The highest BCUT2D eigenvalue weighted by atomic mass is 32.1. The molecule has 2 nitrogen and oxygen atoms in total. The van der Waals surface area contributed by atoms with Crippen LogP contribution in [0.3, 0.4) is 0 Å². The first-order valence-electron chi connectivity index (χ1n) is 4.34. The summed E-state index contributed by atoms with van der Waals surface area (Å²) in [4.78, 5) is 0. The summed E-state index contributed by atoms with van der Waals surface area (Å²) in [5, 5.41) is 3.96. The normalized spacial score (nSPS) is 34.1. The summed E-state index contributed by atoms with van der Waals surface area (Å²) in [6, 6.07) is 0.663. The molecule has 1 heterocycles. The molecule has 11 heavy (non-hydrogen) atoms. The third-order valence-electron chi connectivity index (χ3n) is 2.27. The summed E-state index contributed by atoms with van der Waals surface area (Å²) in [6.07, 6.45) is 2.40. The van der Waals surface area contributed by atoms with Gasteiger partial charge >= 0.3 is 0 Å². The van der Waals surface area contributed by atoms with E-state index in [4.69, 9.17) is 5.73 Å². The molecule has 0 aromatic carbocycles. The van der Waals surface area contributed by atoms with Crippen molar-refractivity contribution in [2.24, 2.45) is 11.7 Å². The Labute approximate surface area is 74.3 Å². The first-order chi connectivity index (χ1) is 5.22. The predicted molar refractivity (Wildman–Crippen MR) is 52.0 cm³/mol. The average molecular weight is 174 g/mol. The molecular formula is C8H18N2S. The maximum absolute atomic E-state index is 5.57. The number of nitrogens with one attached hydrogen (secondary N) is 1. The quantitative estimate of drug-likeness (QED) is 0.549. The molecule has 3 atom stereocenters. The van der Waals surface area contributed by atoms with Gasteiger partial charge in [0.25, 0.3) is 0 Å². The largest absolute Gasteiger partial charge is 0.330 e. The smallest absolute Gasteiger partial charge is 0.00811 e. The standard InChI is InChI=1S/C8H18N2S/c1-6(11)2-8-3-7(4-9)5-10-8/h6-8,10-11H,2-5,9H2,1H3/t6?,7-,8+/m0/s1. The number of hydrogen-bond donors (Lipinski definition) is 3. The fourth-order valence-corrected chi connectivity index (χ4v) is 1.93. The van der Waals surface area contributed by atoms with Gasteiger partial charge in [0.2, 0.25) is 0 Å². The third kappa shape index (κ3) is 3.01. The monoisotopic (exact) mass is 174 g/mol. The van der Waals surface area contributed by atoms with Crippen molar-refractivity contribution in [2.45, 2.75) is 31.1 Å². The average Bonchev–Trinajstić information content (AvgIpc) is 2.34. The fourth-order valence-electron chi connectivity index (χ4n) is 1.67. The molecule has 0 aliphatic carbocycles. The summed E-state index contributed by atoms with van der Waals surface area (Å²) < 4.78 is 0. The van der Waals surface area contributed by atoms with Crippen molar-refractivity contribution < 1.29 is 0 Å². The second-order valence-electron chi connectivity index (χ2n) is 3.53. The summed E-state index contributed by atoms with van der Waals surface area (Å²) in [5.41, 5.74) is 5.57. The lowest BCUT2D eigenvalue weighted by atomic mass is 10.0. The van der Waals surface area contributed by atoms with Crippen molar-refractivity contribution in [3.8, 4) is 0 Å². The SMILES string of the molecule is CC(S)C[C@@H]1C[C@@H](CN)CN1. The maximum Gasteiger partial charge on any atom is 0.00811 e. The van der Waals surface area contributed by atoms with Gasteiger partial charge in [0.05, 0.1) is 0 Å². The molecule has 0 radical (unpaired) electrons. The van der Waals surface area contributed by atoms with Crippen LogP contribution >= 0.6 is 12.6 Å². The van der Waals surface area contributed by atoms with E-state index in [9.17, 15) is 0 Å². The molecule has 3 heteroatoms. The summed E-state index contributed by atoms with van der Waals surface area (Å²) in [7, 11) is 0. The van der Waals surface area contributed by atoms with E-state index in [1.54, 1.807) is 0 Å². The molecular weight excluding hydrogens is 156 g/mol. The molecule has 1 rings (SSSR count). The van der Waals surface area contributed by atoms with Crippen molar-refractivity contribution in [3.63, 3.8) is 0 Å². The Hall–Kier alpha value is 0.270. The predicted octanol–water partition coefficient (Wildman–Crippen LogP) is 0.632. The van der Waals surface area contributed by atoms with Crippen molar-refractivity contribution in [2.75, 3.05) is 13.1 Å². The van der Waals surface area contributed by atoms with Crippen LogP contribution in [0.1, 0.15) is 19.8 Å². The Morgan fingerprint density at radius 3 is 2.91 bits per heavy atom. The molecule has 1 unspecified atom stereocenters. The minimum atomic E-state index is 0.504. The Morgan fingerprint density at radius 2 is 2.45 bits per heavy atom. The van der Waals surface area contributed by atoms with Gasteiger partial charge in [-0.05, 0) is 31.8 Å². The second kappa shape index (κ2) is 4.33. The molecule has 1 fully saturated rings. The van der Waals surface area contributed by atoms with E-state index in [1.807, 2.05) is 0 Å². The zero-order chi connectivity index (χ0) is 8.27. The van der Waals surface area contributed by atoms with E-state index in [1.165, 1.54) is 12.8 Å². The minimum absolute atomic E-state index is 0.504. The molecule has 1 saturated heterocycles. The summed E-state index contributed by atoms with van der Waals surface area (Å²) in [5.74, 6) is 0.701. The highest BCUT2D eigenvalue weighted by Crippen LogP contribution is 2.17. The Kier molecular flexibility index (Phi) is 3.69. The minimum Gasteiger partial charge on any atom is -0.330 e. The Morgan fingerprint density at radius 1 is 1.73 bits per heavy atom. The van der Waals surface area contributed by atoms with Gasteiger partial charge in [-0.1, -0.05) is 6.92 Å². The Bertz CT molecular complexity index is 117. The number of hydrogen-bond acceptors (Lipinski definition) is 3. The molecule has 0 spiro atoms. The van der Waals surface area contributed by atoms with Crippen LogP contribution in [0.5, 0.6) is 0 Å². The van der Waals surface area contributed by atoms with E-state index in [-0.39, 0.29) is 0 Å². The van der Waals surface area contributed by atoms with Gasteiger partial charge < -0.3 is 11.1 Å². The van der Waals surface area contributed by atoms with Gasteiger partial charge in [-0.25, -0.2) is 0 Å². The molecule has 0 aromatic heterocycles. The van der Waals surface area contributed by atoms with Crippen LogP contribution in [0, 0.1) is 5.92 Å². The van der Waals surface area contributed by atoms with E-state index in [0.717, 1.165) is 13.1 Å². The first kappa shape index (κ1) is 9.36. The number of thiol groups is 1. The molecule has 66 valence electrons. The lowest BCUT2D eigenvalue weighted by Gasteiger charge is -2.11. The molecule has 1 aliphatic heterocycles. The van der Waals surface area contributed by atoms with Crippen molar-refractivity contribution >= 4 is 12.6 Å². The van der Waals surface area contributed by atoms with E-state index >= 15 is 0 Å². The van der Waals surface area contributed by atoms with Crippen LogP contribution in [-0.4, -0.2) is 24.4 Å². The highest BCUT2D eigenvalue weighted by Gasteiger charge is 2.23. The molecule has 0 bridgehead atoms. The zero-order valence-electron chi connectivity index (χ0n) is 7.09. The summed E-state index contributed by atoms with van der Waals surface area (Å²) >= 11 is 4.36. The van der Waals surface area contributed by atoms with Gasteiger partial charge in [-0.15, -0.1) is 0 Å². The first-order valence-corrected chi connectivity index (χ1v) is 4.85. The van der Waals surface area contributed by atoms with Crippen LogP contribution < -0.4 is 11.1 Å². The molecule has 0 saturated carbocycles. The van der Waals surface area contributed by atoms with Gasteiger partial charge in [0.1, 0.15) is 0 Å². The van der Waals surface area contributed by atoms with Crippen LogP contribution in [0.4, 0.5) is 0 Å². The second-order valence-corrected chi connectivity index (χ2v) is 4.41. The molecule has 0 amide bonds. The molecule has 0 aromatic rings. The Balaban J connectivity index is 2.19. The topological polar surface area (TPSA) is 38.0 Å². The van der Waals surface area contributed by atoms with Crippen molar-refractivity contribution in [1.29, 1.82) is 0 Å². The van der Waals surface area contributed by atoms with Gasteiger partial charge in [-0.3, -0.25) is 0 Å². The van der Waals surface area contributed by atoms with Crippen molar-refractivity contribution in [3.05, 3.63) is 0 Å². The van der Waals surface area contributed by atoms with Crippen LogP contribution in [0.15, 0.2) is 0 Å². The van der Waals surface area contributed by atoms with E-state index < -0.39 is 0 Å². The van der Waals surface area contributed by atoms with Crippen molar-refractivity contribution in [1.82, 2.24) is 5.32 Å². The molecule has 3 N–H and O–H groups in total. The third-order valence-corrected chi connectivity index (χ3v) is 2.48. The lowest BCUT2D eigenvalue weighted by Crippen LogP contribution is -2.23. The number of rotatable bonds is 3. The molecule has 1 aliphatic rings.